The van der Waals surface area contributed by atoms with Crippen molar-refractivity contribution >= 4 is 36.1 Å². The van der Waals surface area contributed by atoms with Crippen molar-refractivity contribution in [2.24, 2.45) is 0 Å². The molecule has 2 aromatic carbocycles. The molecule has 0 radical (unpaired) electrons. The minimum absolute atomic E-state index is 0.154. The number of halogens is 3. The van der Waals surface area contributed by atoms with Gasteiger partial charge in [-0.15, -0.1) is 0 Å². The van der Waals surface area contributed by atoms with E-state index in [4.69, 9.17) is 0 Å². The van der Waals surface area contributed by atoms with E-state index >= 15 is 0 Å². The predicted molar refractivity (Wildman–Crippen MR) is 100 cm³/mol. The summed E-state index contributed by atoms with van der Waals surface area (Å²) in [6, 6.07) is 10.8. The number of fused-ring (bicyclic) bond motifs is 1. The van der Waals surface area contributed by atoms with Gasteiger partial charge in [-0.1, -0.05) is 0 Å². The minimum atomic E-state index is -4.84. The molecule has 0 aliphatic heterocycles. The van der Waals surface area contributed by atoms with Crippen LogP contribution in [-0.4, -0.2) is 45.0 Å². The summed E-state index contributed by atoms with van der Waals surface area (Å²) in [5.74, 6) is -1.89. The van der Waals surface area contributed by atoms with Gasteiger partial charge >= 0.3 is 169 Å². The normalized spacial score (nSPS) is 11.4. The maximum absolute atomic E-state index is 12.6. The molecule has 0 bridgehead atoms. The van der Waals surface area contributed by atoms with E-state index in [2.05, 4.69) is 9.47 Å². The molecule has 1 heterocycles. The molecule has 0 aliphatic carbocycles. The van der Waals surface area contributed by atoms with E-state index in [0.717, 1.165) is 5.56 Å². The van der Waals surface area contributed by atoms with Gasteiger partial charge in [-0.05, 0) is 0 Å². The number of carbonyl (C=O) groups is 2. The van der Waals surface area contributed by atoms with Crippen LogP contribution in [0.1, 0.15) is 21.2 Å². The standard InChI is InChI=1S/C20H15F3O5Se/c1-27-16(24)8-5-11-3-2-4-12(9-11)17-14-10-13(28-20(21,22)23)6-7-15(14)29-18(17)19(25)26/h2-4,6-7,9-10H,5,8H2,1H3,(H,25,26). The molecular weight excluding hydrogens is 456 g/mol. The number of hydrogen-bond acceptors (Lipinski definition) is 4. The Morgan fingerprint density at radius 3 is 2.55 bits per heavy atom. The first kappa shape index (κ1) is 21.0. The van der Waals surface area contributed by atoms with Crippen molar-refractivity contribution in [3.8, 4) is 16.9 Å². The van der Waals surface area contributed by atoms with Crippen LogP contribution in [0.25, 0.3) is 20.8 Å². The van der Waals surface area contributed by atoms with Gasteiger partial charge in [-0.2, -0.15) is 0 Å². The van der Waals surface area contributed by atoms with Crippen molar-refractivity contribution in [2.45, 2.75) is 19.2 Å². The van der Waals surface area contributed by atoms with E-state index in [9.17, 15) is 27.9 Å². The summed E-state index contributed by atoms with van der Waals surface area (Å²) in [5, 5.41) is 10.0. The average molecular weight is 471 g/mol. The molecule has 0 spiro atoms. The number of alkyl halides is 3. The summed E-state index contributed by atoms with van der Waals surface area (Å²) < 4.78 is 47.2. The number of aryl methyl sites for hydroxylation is 1. The second kappa shape index (κ2) is 8.31. The van der Waals surface area contributed by atoms with Gasteiger partial charge in [0, 0.05) is 0 Å². The van der Waals surface area contributed by atoms with Crippen molar-refractivity contribution < 1.29 is 37.3 Å². The van der Waals surface area contributed by atoms with Crippen LogP contribution < -0.4 is 4.74 Å². The first-order valence-electron chi connectivity index (χ1n) is 8.39. The van der Waals surface area contributed by atoms with Gasteiger partial charge in [0.1, 0.15) is 0 Å². The Morgan fingerprint density at radius 2 is 1.90 bits per heavy atom. The summed E-state index contributed by atoms with van der Waals surface area (Å²) >= 11 is -0.560. The fourth-order valence-corrected chi connectivity index (χ4v) is 5.13. The summed E-state index contributed by atoms with van der Waals surface area (Å²) in [7, 11) is 1.29. The van der Waals surface area contributed by atoms with Gasteiger partial charge in [-0.3, -0.25) is 0 Å². The van der Waals surface area contributed by atoms with Crippen molar-refractivity contribution in [3.63, 3.8) is 0 Å². The van der Waals surface area contributed by atoms with Gasteiger partial charge in [0.05, 0.1) is 0 Å². The zero-order valence-electron chi connectivity index (χ0n) is 15.1. The number of aromatic carboxylic acids is 1. The van der Waals surface area contributed by atoms with Crippen molar-refractivity contribution in [1.82, 2.24) is 0 Å². The third kappa shape index (κ3) is 4.99. The van der Waals surface area contributed by atoms with Crippen molar-refractivity contribution in [2.75, 3.05) is 7.11 Å². The fourth-order valence-electron chi connectivity index (χ4n) is 2.94. The maximum atomic E-state index is 12.6. The van der Waals surface area contributed by atoms with E-state index in [0.29, 0.717) is 27.2 Å². The number of carboxylic acids is 1. The first-order chi connectivity index (χ1) is 13.7. The number of benzene rings is 2. The number of esters is 1. The summed E-state index contributed by atoms with van der Waals surface area (Å²) in [6.07, 6.45) is -4.29. The van der Waals surface area contributed by atoms with Crippen LogP contribution >= 0.6 is 0 Å². The summed E-state index contributed by atoms with van der Waals surface area (Å²) in [6.45, 7) is 0. The van der Waals surface area contributed by atoms with Crippen LogP contribution in [0.2, 0.25) is 0 Å². The molecule has 0 atom stereocenters. The van der Waals surface area contributed by atoms with Crippen LogP contribution in [0.3, 0.4) is 0 Å². The number of hydrogen-bond donors (Lipinski definition) is 1. The van der Waals surface area contributed by atoms with E-state index in [-0.39, 0.29) is 16.8 Å². The monoisotopic (exact) mass is 472 g/mol. The molecule has 5 nitrogen and oxygen atoms in total. The topological polar surface area (TPSA) is 72.8 Å². The van der Waals surface area contributed by atoms with Gasteiger partial charge in [0.25, 0.3) is 0 Å². The van der Waals surface area contributed by atoms with Gasteiger partial charge < -0.3 is 0 Å². The predicted octanol–water partition coefficient (Wildman–Crippen LogP) is 4.27. The third-order valence-electron chi connectivity index (χ3n) is 4.15. The van der Waals surface area contributed by atoms with Crippen LogP contribution in [0.15, 0.2) is 42.5 Å². The van der Waals surface area contributed by atoms with Gasteiger partial charge in [0.2, 0.25) is 0 Å². The Kier molecular flexibility index (Phi) is 6.00. The van der Waals surface area contributed by atoms with E-state index in [1.54, 1.807) is 24.3 Å². The van der Waals surface area contributed by atoms with Crippen molar-refractivity contribution in [1.29, 1.82) is 0 Å². The fraction of sp³-hybridized carbons (Fsp3) is 0.200. The Labute approximate surface area is 169 Å². The van der Waals surface area contributed by atoms with Crippen LogP contribution in [0.4, 0.5) is 13.2 Å². The molecule has 3 aromatic rings. The Hall–Kier alpha value is -2.77. The quantitative estimate of drug-likeness (QED) is 0.430. The Bertz CT molecular complexity index is 1070. The molecular formula is C20H15F3O5Se. The summed E-state index contributed by atoms with van der Waals surface area (Å²) in [5.41, 5.74) is 1.73. The van der Waals surface area contributed by atoms with Gasteiger partial charge in [0.15, 0.2) is 0 Å². The molecule has 0 unspecified atom stereocenters. The first-order valence-corrected chi connectivity index (χ1v) is 10.1. The molecule has 1 N–H and O–H groups in total. The van der Waals surface area contributed by atoms with E-state index in [1.807, 2.05) is 0 Å². The van der Waals surface area contributed by atoms with Crippen LogP contribution in [0, 0.1) is 0 Å². The number of rotatable bonds is 6. The summed E-state index contributed by atoms with van der Waals surface area (Å²) in [4.78, 5) is 23.2. The molecule has 0 saturated heterocycles. The SMILES string of the molecule is COC(=O)CCc1cccc(-c2c(C(=O)O)[se]c3ccc(OC(F)(F)F)cc23)c1. The van der Waals surface area contributed by atoms with Crippen LogP contribution in [0.5, 0.6) is 5.75 Å². The third-order valence-corrected chi connectivity index (χ3v) is 6.58. The molecule has 29 heavy (non-hydrogen) atoms. The molecule has 9 heteroatoms. The van der Waals surface area contributed by atoms with Crippen LogP contribution in [-0.2, 0) is 16.0 Å². The van der Waals surface area contributed by atoms with Crippen molar-refractivity contribution in [3.05, 3.63) is 52.5 Å². The molecule has 1 aromatic heterocycles. The molecule has 0 amide bonds. The molecule has 152 valence electrons. The number of methoxy groups -OCH3 is 1. The Balaban J connectivity index is 2.09. The molecule has 0 saturated carbocycles. The zero-order valence-corrected chi connectivity index (χ0v) is 16.8. The Morgan fingerprint density at radius 1 is 1.14 bits per heavy atom. The van der Waals surface area contributed by atoms with E-state index < -0.39 is 32.6 Å². The number of carbonyl (C=O) groups excluding carboxylic acids is 1. The number of carboxylic acid groups (broad SMARTS) is 1. The molecule has 0 fully saturated rings. The zero-order chi connectivity index (χ0) is 21.2. The second-order valence-corrected chi connectivity index (χ2v) is 8.30. The molecule has 0 aliphatic rings. The molecule has 3 rings (SSSR count). The number of ether oxygens (including phenoxy) is 2. The second-order valence-electron chi connectivity index (χ2n) is 6.09. The van der Waals surface area contributed by atoms with E-state index in [1.165, 1.54) is 25.3 Å². The van der Waals surface area contributed by atoms with Gasteiger partial charge in [-0.25, -0.2) is 0 Å². The average Bonchev–Trinajstić information content (AvgIpc) is 3.04.